The van der Waals surface area contributed by atoms with E-state index in [-0.39, 0.29) is 17.4 Å². The fraction of sp³-hybridized carbons (Fsp3) is 0.478. The Labute approximate surface area is 154 Å². The minimum absolute atomic E-state index is 0.0224. The molecule has 1 fully saturated rings. The zero-order valence-electron chi connectivity index (χ0n) is 15.1. The van der Waals surface area contributed by atoms with Crippen LogP contribution in [0.25, 0.3) is 0 Å². The largest absolute Gasteiger partial charge is 0.504 e. The van der Waals surface area contributed by atoms with Crippen LogP contribution >= 0.6 is 0 Å². The highest BCUT2D eigenvalue weighted by atomic mass is 16.5. The average Bonchev–Trinajstić information content (AvgIpc) is 3.28. The first-order valence-electron chi connectivity index (χ1n) is 9.99. The second-order valence-electron chi connectivity index (χ2n) is 8.35. The molecule has 0 aromatic heterocycles. The van der Waals surface area contributed by atoms with Gasteiger partial charge in [-0.25, -0.2) is 0 Å². The third-order valence-corrected chi connectivity index (χ3v) is 6.71. The molecule has 1 aliphatic heterocycles. The maximum Gasteiger partial charge on any atom is 0.157 e. The van der Waals surface area contributed by atoms with Crippen molar-refractivity contribution in [1.82, 2.24) is 0 Å². The molecule has 0 radical (unpaired) electrons. The Morgan fingerprint density at radius 1 is 0.962 bits per heavy atom. The number of fused-ring (bicyclic) bond motifs is 5. The van der Waals surface area contributed by atoms with Crippen molar-refractivity contribution in [2.75, 3.05) is 6.61 Å². The Kier molecular flexibility index (Phi) is 3.84. The summed E-state index contributed by atoms with van der Waals surface area (Å²) in [6.07, 6.45) is 8.94. The molecule has 26 heavy (non-hydrogen) atoms. The second-order valence-corrected chi connectivity index (χ2v) is 8.35. The molecule has 1 heterocycles. The molecule has 0 spiro atoms. The fourth-order valence-corrected chi connectivity index (χ4v) is 5.32. The summed E-state index contributed by atoms with van der Waals surface area (Å²) in [6, 6.07) is 10.2. The second kappa shape index (κ2) is 6.22. The topological polar surface area (TPSA) is 49.7 Å². The molecule has 2 atom stereocenters. The maximum absolute atomic E-state index is 9.96. The van der Waals surface area contributed by atoms with Crippen LogP contribution in [0, 0.1) is 11.8 Å². The van der Waals surface area contributed by atoms with Crippen LogP contribution in [0.3, 0.4) is 0 Å². The third kappa shape index (κ3) is 2.65. The summed E-state index contributed by atoms with van der Waals surface area (Å²) in [4.78, 5) is 0. The van der Waals surface area contributed by atoms with Gasteiger partial charge in [0.15, 0.2) is 11.5 Å². The molecule has 2 N–H and O–H groups in total. The molecular weight excluding hydrogens is 324 g/mol. The van der Waals surface area contributed by atoms with Crippen molar-refractivity contribution in [3.8, 4) is 17.2 Å². The van der Waals surface area contributed by atoms with Crippen LogP contribution in [0.5, 0.6) is 17.2 Å². The average molecular weight is 350 g/mol. The molecule has 5 rings (SSSR count). The highest BCUT2D eigenvalue weighted by molar-refractivity contribution is 5.56. The van der Waals surface area contributed by atoms with E-state index in [2.05, 4.69) is 18.2 Å². The van der Waals surface area contributed by atoms with E-state index in [1.165, 1.54) is 43.2 Å². The number of hydrogen-bond acceptors (Lipinski definition) is 3. The Balaban J connectivity index is 1.42. The summed E-state index contributed by atoms with van der Waals surface area (Å²) in [6.45, 7) is 0.708. The van der Waals surface area contributed by atoms with Crippen LogP contribution in [0.1, 0.15) is 60.3 Å². The molecule has 1 unspecified atom stereocenters. The van der Waals surface area contributed by atoms with Crippen LogP contribution in [-0.4, -0.2) is 16.8 Å². The van der Waals surface area contributed by atoms with E-state index >= 15 is 0 Å². The van der Waals surface area contributed by atoms with Gasteiger partial charge in [-0.15, -0.1) is 0 Å². The van der Waals surface area contributed by atoms with E-state index < -0.39 is 0 Å². The zero-order valence-corrected chi connectivity index (χ0v) is 15.1. The fourth-order valence-electron chi connectivity index (χ4n) is 5.32. The van der Waals surface area contributed by atoms with E-state index in [1.54, 1.807) is 12.1 Å². The van der Waals surface area contributed by atoms with Crippen molar-refractivity contribution in [1.29, 1.82) is 0 Å². The number of phenols is 2. The van der Waals surface area contributed by atoms with Gasteiger partial charge in [0.1, 0.15) is 5.75 Å². The van der Waals surface area contributed by atoms with E-state index in [1.807, 2.05) is 0 Å². The molecule has 2 aromatic carbocycles. The number of aryl methyl sites for hydroxylation is 1. The first-order chi connectivity index (χ1) is 12.7. The van der Waals surface area contributed by atoms with Crippen molar-refractivity contribution in [2.45, 2.75) is 50.9 Å². The van der Waals surface area contributed by atoms with Crippen molar-refractivity contribution >= 4 is 0 Å². The van der Waals surface area contributed by atoms with Crippen LogP contribution < -0.4 is 4.74 Å². The number of benzene rings is 2. The van der Waals surface area contributed by atoms with Gasteiger partial charge in [-0.05, 0) is 60.1 Å². The summed E-state index contributed by atoms with van der Waals surface area (Å²) in [5.41, 5.74) is 4.89. The summed E-state index contributed by atoms with van der Waals surface area (Å²) in [7, 11) is 0. The zero-order chi connectivity index (χ0) is 17.7. The summed E-state index contributed by atoms with van der Waals surface area (Å²) in [5.74, 6) is 2.54. The third-order valence-electron chi connectivity index (χ3n) is 6.71. The van der Waals surface area contributed by atoms with Gasteiger partial charge in [0.2, 0.25) is 0 Å². The van der Waals surface area contributed by atoms with Gasteiger partial charge in [-0.2, -0.15) is 0 Å². The lowest BCUT2D eigenvalue weighted by Crippen LogP contribution is -2.24. The Morgan fingerprint density at radius 2 is 1.77 bits per heavy atom. The SMILES string of the molecule is Oc1cc2c(cc1O)[C@@H]1c3ccc(CCC4CCCC4)cc3OCC1C2. The smallest absolute Gasteiger partial charge is 0.157 e. The predicted octanol–water partition coefficient (Wildman–Crippen LogP) is 4.92. The molecular formula is C23H26O3. The molecule has 2 aliphatic carbocycles. The number of hydrogen-bond donors (Lipinski definition) is 2. The van der Waals surface area contributed by atoms with Crippen LogP contribution in [0.15, 0.2) is 30.3 Å². The van der Waals surface area contributed by atoms with Crippen LogP contribution in [-0.2, 0) is 12.8 Å². The molecule has 3 aliphatic rings. The number of rotatable bonds is 3. The van der Waals surface area contributed by atoms with E-state index in [0.717, 1.165) is 35.6 Å². The number of aromatic hydroxyl groups is 2. The van der Waals surface area contributed by atoms with Gasteiger partial charge >= 0.3 is 0 Å². The highest BCUT2D eigenvalue weighted by Gasteiger charge is 2.39. The highest BCUT2D eigenvalue weighted by Crippen LogP contribution is 2.50. The minimum atomic E-state index is -0.0226. The van der Waals surface area contributed by atoms with Crippen molar-refractivity contribution in [2.24, 2.45) is 11.8 Å². The molecule has 2 aromatic rings. The molecule has 0 saturated heterocycles. The van der Waals surface area contributed by atoms with Gasteiger partial charge < -0.3 is 14.9 Å². The van der Waals surface area contributed by atoms with E-state index in [0.29, 0.717) is 12.5 Å². The van der Waals surface area contributed by atoms with Gasteiger partial charge in [-0.3, -0.25) is 0 Å². The van der Waals surface area contributed by atoms with Crippen molar-refractivity contribution in [3.63, 3.8) is 0 Å². The lowest BCUT2D eigenvalue weighted by atomic mass is 9.83. The quantitative estimate of drug-likeness (QED) is 0.773. The van der Waals surface area contributed by atoms with Crippen molar-refractivity contribution in [3.05, 3.63) is 52.6 Å². The lowest BCUT2D eigenvalue weighted by molar-refractivity contribution is 0.215. The van der Waals surface area contributed by atoms with Gasteiger partial charge in [-0.1, -0.05) is 37.8 Å². The number of phenolic OH excluding ortho intramolecular Hbond substituents is 2. The van der Waals surface area contributed by atoms with Gasteiger partial charge in [0.05, 0.1) is 6.61 Å². The Morgan fingerprint density at radius 3 is 2.62 bits per heavy atom. The van der Waals surface area contributed by atoms with Crippen LogP contribution in [0.4, 0.5) is 0 Å². The Bertz CT molecular complexity index is 836. The standard InChI is InChI=1S/C23H26O3/c24-20-11-16-10-17-13-26-22-9-15(6-5-14-3-1-2-4-14)7-8-18(22)23(17)19(16)12-21(20)25/h7-9,11-12,14,17,23-25H,1-6,10,13H2/t17?,23-/m0/s1. The van der Waals surface area contributed by atoms with E-state index in [9.17, 15) is 10.2 Å². The summed E-state index contributed by atoms with van der Waals surface area (Å²) >= 11 is 0. The molecule has 136 valence electrons. The lowest BCUT2D eigenvalue weighted by Gasteiger charge is -2.29. The van der Waals surface area contributed by atoms with Crippen LogP contribution in [0.2, 0.25) is 0 Å². The number of ether oxygens (including phenoxy) is 1. The summed E-state index contributed by atoms with van der Waals surface area (Å²) < 4.78 is 6.12. The maximum atomic E-state index is 9.96. The first kappa shape index (κ1) is 16.0. The minimum Gasteiger partial charge on any atom is -0.504 e. The van der Waals surface area contributed by atoms with Gasteiger partial charge in [0.25, 0.3) is 0 Å². The summed E-state index contributed by atoms with van der Waals surface area (Å²) in [5, 5.41) is 19.8. The normalized spacial score (nSPS) is 24.0. The molecule has 0 amide bonds. The molecule has 3 nitrogen and oxygen atoms in total. The molecule has 1 saturated carbocycles. The van der Waals surface area contributed by atoms with E-state index in [4.69, 9.17) is 4.74 Å². The van der Waals surface area contributed by atoms with Crippen molar-refractivity contribution < 1.29 is 14.9 Å². The molecule has 0 bridgehead atoms. The monoisotopic (exact) mass is 350 g/mol. The van der Waals surface area contributed by atoms with Gasteiger partial charge in [0, 0.05) is 17.4 Å². The molecule has 3 heteroatoms. The predicted molar refractivity (Wildman–Crippen MR) is 101 cm³/mol. The Hall–Kier alpha value is -2.16. The first-order valence-corrected chi connectivity index (χ1v) is 9.99.